The quantitative estimate of drug-likeness (QED) is 0.622. The molecule has 1 aliphatic rings. The molecule has 0 N–H and O–H groups in total. The lowest BCUT2D eigenvalue weighted by atomic mass is 9.93. The van der Waals surface area contributed by atoms with Crippen LogP contribution >= 0.6 is 11.6 Å². The largest absolute Gasteiger partial charge is 0.381 e. The predicted molar refractivity (Wildman–Crippen MR) is 52.6 cm³/mol. The number of alkyl halides is 1. The normalized spacial score (nSPS) is 31.0. The van der Waals surface area contributed by atoms with E-state index in [1.165, 1.54) is 12.8 Å². The van der Waals surface area contributed by atoms with Crippen molar-refractivity contribution in [2.24, 2.45) is 11.8 Å². The van der Waals surface area contributed by atoms with Gasteiger partial charge >= 0.3 is 0 Å². The van der Waals surface area contributed by atoms with Gasteiger partial charge in [-0.25, -0.2) is 0 Å². The molecule has 0 saturated carbocycles. The predicted octanol–water partition coefficient (Wildman–Crippen LogP) is 3.07. The molecule has 12 heavy (non-hydrogen) atoms. The zero-order valence-corrected chi connectivity index (χ0v) is 8.81. The summed E-state index contributed by atoms with van der Waals surface area (Å²) in [6, 6.07) is 0. The molecule has 0 spiro atoms. The van der Waals surface area contributed by atoms with E-state index in [0.29, 0.717) is 11.3 Å². The van der Waals surface area contributed by atoms with E-state index in [0.717, 1.165) is 25.6 Å². The Hall–Kier alpha value is 0.250. The van der Waals surface area contributed by atoms with Crippen molar-refractivity contribution >= 4 is 11.6 Å². The minimum Gasteiger partial charge on any atom is -0.381 e. The van der Waals surface area contributed by atoms with Gasteiger partial charge in [0.05, 0.1) is 6.61 Å². The highest BCUT2D eigenvalue weighted by Gasteiger charge is 2.23. The molecule has 0 aromatic rings. The van der Waals surface area contributed by atoms with Crippen molar-refractivity contribution < 1.29 is 4.74 Å². The Morgan fingerprint density at radius 1 is 1.50 bits per heavy atom. The van der Waals surface area contributed by atoms with Gasteiger partial charge in [0.1, 0.15) is 0 Å². The molecule has 1 rings (SSSR count). The topological polar surface area (TPSA) is 9.23 Å². The molecule has 0 bridgehead atoms. The fourth-order valence-corrected chi connectivity index (χ4v) is 1.87. The summed E-state index contributed by atoms with van der Waals surface area (Å²) in [5.41, 5.74) is 0. The van der Waals surface area contributed by atoms with Crippen molar-refractivity contribution in [1.29, 1.82) is 0 Å². The molecule has 0 aromatic heterocycles. The highest BCUT2D eigenvalue weighted by molar-refractivity contribution is 6.20. The van der Waals surface area contributed by atoms with Gasteiger partial charge in [-0.15, -0.1) is 11.6 Å². The van der Waals surface area contributed by atoms with Crippen molar-refractivity contribution in [3.63, 3.8) is 0 Å². The first-order valence-corrected chi connectivity index (χ1v) is 5.35. The van der Waals surface area contributed by atoms with Crippen LogP contribution in [0.2, 0.25) is 0 Å². The Labute approximate surface area is 80.4 Å². The Morgan fingerprint density at radius 2 is 2.25 bits per heavy atom. The summed E-state index contributed by atoms with van der Waals surface area (Å²) < 4.78 is 5.40. The molecule has 0 radical (unpaired) electrons. The van der Waals surface area contributed by atoms with Gasteiger partial charge in [-0.3, -0.25) is 0 Å². The van der Waals surface area contributed by atoms with Gasteiger partial charge < -0.3 is 4.74 Å². The van der Waals surface area contributed by atoms with E-state index < -0.39 is 0 Å². The van der Waals surface area contributed by atoms with E-state index in [-0.39, 0.29) is 0 Å². The van der Waals surface area contributed by atoms with Gasteiger partial charge in [-0.05, 0) is 24.7 Å². The summed E-state index contributed by atoms with van der Waals surface area (Å²) in [5, 5.41) is 0.359. The van der Waals surface area contributed by atoms with Crippen LogP contribution in [0.3, 0.4) is 0 Å². The minimum atomic E-state index is 0.359. The highest BCUT2D eigenvalue weighted by Crippen LogP contribution is 2.25. The lowest BCUT2D eigenvalue weighted by Gasteiger charge is -2.27. The molecular formula is C10H19ClO. The standard InChI is InChI=1S/C10H19ClO/c1-8(2)3-4-9-7-12-6-5-10(9)11/h8-10H,3-7H2,1-2H3. The zero-order valence-electron chi connectivity index (χ0n) is 8.05. The fraction of sp³-hybridized carbons (Fsp3) is 1.00. The van der Waals surface area contributed by atoms with Crippen LogP contribution in [-0.4, -0.2) is 18.6 Å². The molecule has 72 valence electrons. The summed E-state index contributed by atoms with van der Waals surface area (Å²) in [6.45, 7) is 6.24. The number of rotatable bonds is 3. The van der Waals surface area contributed by atoms with Crippen LogP contribution in [0, 0.1) is 11.8 Å². The van der Waals surface area contributed by atoms with Crippen LogP contribution in [0.5, 0.6) is 0 Å². The molecular weight excluding hydrogens is 172 g/mol. The Balaban J connectivity index is 2.20. The first-order chi connectivity index (χ1) is 5.70. The molecule has 1 saturated heterocycles. The molecule has 0 amide bonds. The van der Waals surface area contributed by atoms with E-state index in [2.05, 4.69) is 13.8 Å². The first kappa shape index (κ1) is 10.3. The van der Waals surface area contributed by atoms with Crippen molar-refractivity contribution in [3.8, 4) is 0 Å². The van der Waals surface area contributed by atoms with Gasteiger partial charge in [0.15, 0.2) is 0 Å². The first-order valence-electron chi connectivity index (χ1n) is 4.92. The third kappa shape index (κ3) is 3.32. The molecule has 2 atom stereocenters. The van der Waals surface area contributed by atoms with E-state index in [1.54, 1.807) is 0 Å². The van der Waals surface area contributed by atoms with E-state index in [9.17, 15) is 0 Å². The average molecular weight is 191 g/mol. The van der Waals surface area contributed by atoms with Crippen molar-refractivity contribution in [2.75, 3.05) is 13.2 Å². The van der Waals surface area contributed by atoms with Gasteiger partial charge in [0.2, 0.25) is 0 Å². The third-order valence-electron chi connectivity index (χ3n) is 2.50. The smallest absolute Gasteiger partial charge is 0.0508 e. The Bertz CT molecular complexity index is 125. The summed E-state index contributed by atoms with van der Waals surface area (Å²) in [7, 11) is 0. The average Bonchev–Trinajstić information content (AvgIpc) is 2.03. The van der Waals surface area contributed by atoms with Gasteiger partial charge in [0.25, 0.3) is 0 Å². The molecule has 0 aliphatic carbocycles. The van der Waals surface area contributed by atoms with Crippen molar-refractivity contribution in [3.05, 3.63) is 0 Å². The zero-order chi connectivity index (χ0) is 8.97. The molecule has 1 heterocycles. The van der Waals surface area contributed by atoms with Gasteiger partial charge in [-0.2, -0.15) is 0 Å². The SMILES string of the molecule is CC(C)CCC1COCCC1Cl. The molecule has 2 heteroatoms. The minimum absolute atomic E-state index is 0.359. The summed E-state index contributed by atoms with van der Waals surface area (Å²) in [5.74, 6) is 1.39. The summed E-state index contributed by atoms with van der Waals surface area (Å²) in [6.07, 6.45) is 3.54. The third-order valence-corrected chi connectivity index (χ3v) is 3.07. The van der Waals surface area contributed by atoms with E-state index >= 15 is 0 Å². The number of halogens is 1. The second-order valence-electron chi connectivity index (χ2n) is 4.11. The maximum absolute atomic E-state index is 6.19. The summed E-state index contributed by atoms with van der Waals surface area (Å²) in [4.78, 5) is 0. The van der Waals surface area contributed by atoms with E-state index in [1.807, 2.05) is 0 Å². The van der Waals surface area contributed by atoms with Crippen molar-refractivity contribution in [1.82, 2.24) is 0 Å². The lowest BCUT2D eigenvalue weighted by molar-refractivity contribution is 0.0525. The number of ether oxygens (including phenoxy) is 1. The van der Waals surface area contributed by atoms with E-state index in [4.69, 9.17) is 16.3 Å². The monoisotopic (exact) mass is 190 g/mol. The Morgan fingerprint density at radius 3 is 2.83 bits per heavy atom. The lowest BCUT2D eigenvalue weighted by Crippen LogP contribution is -2.28. The molecule has 1 nitrogen and oxygen atoms in total. The van der Waals surface area contributed by atoms with Gasteiger partial charge in [0, 0.05) is 12.0 Å². The van der Waals surface area contributed by atoms with Crippen LogP contribution in [0.25, 0.3) is 0 Å². The maximum atomic E-state index is 6.19. The number of hydrogen-bond acceptors (Lipinski definition) is 1. The van der Waals surface area contributed by atoms with Crippen LogP contribution in [0.4, 0.5) is 0 Å². The van der Waals surface area contributed by atoms with Crippen molar-refractivity contribution in [2.45, 2.75) is 38.5 Å². The molecule has 0 aromatic carbocycles. The fourth-order valence-electron chi connectivity index (χ4n) is 1.58. The van der Waals surface area contributed by atoms with Crippen LogP contribution < -0.4 is 0 Å². The van der Waals surface area contributed by atoms with Gasteiger partial charge in [-0.1, -0.05) is 20.3 Å². The molecule has 2 unspecified atom stereocenters. The number of hydrogen-bond donors (Lipinski definition) is 0. The highest BCUT2D eigenvalue weighted by atomic mass is 35.5. The van der Waals surface area contributed by atoms with Crippen LogP contribution in [0.15, 0.2) is 0 Å². The second-order valence-corrected chi connectivity index (χ2v) is 4.67. The van der Waals surface area contributed by atoms with Crippen LogP contribution in [0.1, 0.15) is 33.1 Å². The van der Waals surface area contributed by atoms with Crippen LogP contribution in [-0.2, 0) is 4.74 Å². The maximum Gasteiger partial charge on any atom is 0.0508 e. The molecule has 1 fully saturated rings. The second kappa shape index (κ2) is 5.08. The molecule has 1 aliphatic heterocycles. The Kier molecular flexibility index (Phi) is 4.38. The summed E-state index contributed by atoms with van der Waals surface area (Å²) >= 11 is 6.19.